The number of likely N-dealkylation sites (tertiary alicyclic amines) is 1. The van der Waals surface area contributed by atoms with Crippen LogP contribution in [0.3, 0.4) is 0 Å². The summed E-state index contributed by atoms with van der Waals surface area (Å²) in [5, 5.41) is 9.60. The predicted molar refractivity (Wildman–Crippen MR) is 78.0 cm³/mol. The molecule has 21 heavy (non-hydrogen) atoms. The van der Waals surface area contributed by atoms with E-state index in [1.807, 2.05) is 25.7 Å². The van der Waals surface area contributed by atoms with E-state index in [-0.39, 0.29) is 11.3 Å². The summed E-state index contributed by atoms with van der Waals surface area (Å²) in [4.78, 5) is 28.0. The van der Waals surface area contributed by atoms with Crippen LogP contribution >= 0.6 is 0 Å². The molecule has 1 amide bonds. The zero-order valence-electron chi connectivity index (χ0n) is 13.2. The van der Waals surface area contributed by atoms with Gasteiger partial charge in [-0.05, 0) is 31.7 Å². The topological polar surface area (TPSA) is 70.1 Å². The Labute approximate surface area is 126 Å². The zero-order valence-corrected chi connectivity index (χ0v) is 13.2. The summed E-state index contributed by atoms with van der Waals surface area (Å²) in [5.74, 6) is -0.816. The molecular weight excluding hydrogens is 272 g/mol. The summed E-state index contributed by atoms with van der Waals surface area (Å²) in [6.45, 7) is 8.76. The summed E-state index contributed by atoms with van der Waals surface area (Å²) < 4.78 is 5.27. The molecule has 2 aliphatic heterocycles. The molecule has 2 saturated heterocycles. The van der Waals surface area contributed by atoms with E-state index in [4.69, 9.17) is 4.74 Å². The van der Waals surface area contributed by atoms with E-state index in [2.05, 4.69) is 0 Å². The van der Waals surface area contributed by atoms with Crippen molar-refractivity contribution in [2.24, 2.45) is 5.41 Å². The van der Waals surface area contributed by atoms with Gasteiger partial charge in [-0.1, -0.05) is 13.8 Å². The number of piperidine rings is 1. The van der Waals surface area contributed by atoms with Crippen LogP contribution in [0.1, 0.15) is 33.6 Å². The minimum Gasteiger partial charge on any atom is -0.480 e. The molecule has 0 saturated carbocycles. The van der Waals surface area contributed by atoms with Crippen LogP contribution in [0.25, 0.3) is 0 Å². The molecule has 0 radical (unpaired) electrons. The van der Waals surface area contributed by atoms with Crippen LogP contribution in [-0.4, -0.2) is 71.7 Å². The number of carbonyl (C=O) groups excluding carboxylic acids is 1. The lowest BCUT2D eigenvalue weighted by Gasteiger charge is -2.47. The molecule has 0 aromatic carbocycles. The second-order valence-corrected chi connectivity index (χ2v) is 6.68. The lowest BCUT2D eigenvalue weighted by molar-refractivity contribution is -0.157. The van der Waals surface area contributed by atoms with E-state index in [1.54, 1.807) is 4.90 Å². The summed E-state index contributed by atoms with van der Waals surface area (Å²) in [6, 6.07) is -1.00. The smallest absolute Gasteiger partial charge is 0.321 e. The number of morpholine rings is 1. The SMILES string of the molecule is CC(C(=O)N1CCOCC1)N1CCCC(C)(C)C1C(=O)O. The maximum absolute atomic E-state index is 12.6. The van der Waals surface area contributed by atoms with Crippen molar-refractivity contribution in [1.29, 1.82) is 0 Å². The summed E-state index contributed by atoms with van der Waals surface area (Å²) in [6.07, 6.45) is 1.80. The first kappa shape index (κ1) is 16.2. The van der Waals surface area contributed by atoms with Gasteiger partial charge in [0.05, 0.1) is 19.3 Å². The molecule has 1 N–H and O–H groups in total. The van der Waals surface area contributed by atoms with Gasteiger partial charge >= 0.3 is 5.97 Å². The number of carbonyl (C=O) groups is 2. The number of aliphatic carboxylic acids is 1. The molecule has 0 aromatic heterocycles. The Morgan fingerprint density at radius 1 is 1.24 bits per heavy atom. The minimum absolute atomic E-state index is 0.0160. The van der Waals surface area contributed by atoms with Gasteiger partial charge < -0.3 is 14.7 Å². The monoisotopic (exact) mass is 298 g/mol. The number of amides is 1. The molecule has 2 rings (SSSR count). The highest BCUT2D eigenvalue weighted by atomic mass is 16.5. The number of rotatable bonds is 3. The van der Waals surface area contributed by atoms with Crippen LogP contribution in [0.4, 0.5) is 0 Å². The van der Waals surface area contributed by atoms with Crippen LogP contribution in [0.5, 0.6) is 0 Å². The fourth-order valence-corrected chi connectivity index (χ4v) is 3.52. The van der Waals surface area contributed by atoms with E-state index >= 15 is 0 Å². The Balaban J connectivity index is 2.13. The Morgan fingerprint density at radius 3 is 2.43 bits per heavy atom. The molecule has 2 fully saturated rings. The van der Waals surface area contributed by atoms with Crippen LogP contribution < -0.4 is 0 Å². The van der Waals surface area contributed by atoms with Gasteiger partial charge in [0.15, 0.2) is 0 Å². The molecule has 6 heteroatoms. The second kappa shape index (κ2) is 6.32. The Hall–Kier alpha value is -1.14. The van der Waals surface area contributed by atoms with Crippen LogP contribution in [-0.2, 0) is 14.3 Å². The van der Waals surface area contributed by atoms with Crippen molar-refractivity contribution < 1.29 is 19.4 Å². The number of carboxylic acid groups (broad SMARTS) is 1. The number of nitrogens with zero attached hydrogens (tertiary/aromatic N) is 2. The fraction of sp³-hybridized carbons (Fsp3) is 0.867. The summed E-state index contributed by atoms with van der Waals surface area (Å²) in [7, 11) is 0. The van der Waals surface area contributed by atoms with Gasteiger partial charge in [0.2, 0.25) is 5.91 Å². The van der Waals surface area contributed by atoms with Crippen LogP contribution in [0.15, 0.2) is 0 Å². The van der Waals surface area contributed by atoms with Crippen molar-refractivity contribution in [3.8, 4) is 0 Å². The highest BCUT2D eigenvalue weighted by molar-refractivity contribution is 5.83. The molecule has 2 aliphatic rings. The van der Waals surface area contributed by atoms with Crippen molar-refractivity contribution in [1.82, 2.24) is 9.80 Å². The van der Waals surface area contributed by atoms with E-state index < -0.39 is 18.1 Å². The largest absolute Gasteiger partial charge is 0.480 e. The molecule has 120 valence electrons. The molecule has 0 aromatic rings. The first-order chi connectivity index (χ1) is 9.84. The zero-order chi connectivity index (χ0) is 15.6. The Kier molecular flexibility index (Phi) is 4.88. The van der Waals surface area contributed by atoms with Crippen molar-refractivity contribution in [3.63, 3.8) is 0 Å². The molecule has 0 bridgehead atoms. The van der Waals surface area contributed by atoms with Crippen LogP contribution in [0.2, 0.25) is 0 Å². The van der Waals surface area contributed by atoms with Gasteiger partial charge in [-0.3, -0.25) is 14.5 Å². The third kappa shape index (κ3) is 3.37. The predicted octanol–water partition coefficient (Wildman–Crippen LogP) is 0.809. The van der Waals surface area contributed by atoms with Crippen molar-refractivity contribution >= 4 is 11.9 Å². The van der Waals surface area contributed by atoms with Gasteiger partial charge in [-0.25, -0.2) is 0 Å². The standard InChI is InChI=1S/C15H26N2O4/c1-11(13(18)16-7-9-21-10-8-16)17-6-4-5-15(2,3)12(17)14(19)20/h11-12H,4-10H2,1-3H3,(H,19,20). The fourth-order valence-electron chi connectivity index (χ4n) is 3.52. The molecule has 0 spiro atoms. The number of ether oxygens (including phenoxy) is 1. The van der Waals surface area contributed by atoms with E-state index in [0.29, 0.717) is 32.8 Å². The third-order valence-corrected chi connectivity index (χ3v) is 4.72. The minimum atomic E-state index is -0.832. The average Bonchev–Trinajstić information content (AvgIpc) is 2.45. The van der Waals surface area contributed by atoms with Gasteiger partial charge in [0.25, 0.3) is 0 Å². The Bertz CT molecular complexity index is 404. The van der Waals surface area contributed by atoms with Gasteiger partial charge in [0, 0.05) is 13.1 Å². The molecule has 0 aliphatic carbocycles. The van der Waals surface area contributed by atoms with Gasteiger partial charge in [-0.2, -0.15) is 0 Å². The lowest BCUT2D eigenvalue weighted by atomic mass is 9.75. The molecule has 2 atom stereocenters. The molecular formula is C15H26N2O4. The highest BCUT2D eigenvalue weighted by Gasteiger charge is 2.45. The third-order valence-electron chi connectivity index (χ3n) is 4.72. The molecule has 6 nitrogen and oxygen atoms in total. The first-order valence-corrected chi connectivity index (χ1v) is 7.69. The number of carboxylic acids is 1. The normalized spacial score (nSPS) is 28.1. The van der Waals surface area contributed by atoms with Crippen LogP contribution in [0, 0.1) is 5.41 Å². The van der Waals surface area contributed by atoms with E-state index in [1.165, 1.54) is 0 Å². The lowest BCUT2D eigenvalue weighted by Crippen LogP contribution is -2.61. The Morgan fingerprint density at radius 2 is 1.86 bits per heavy atom. The number of hydrogen-bond donors (Lipinski definition) is 1. The first-order valence-electron chi connectivity index (χ1n) is 7.69. The molecule has 2 unspecified atom stereocenters. The van der Waals surface area contributed by atoms with Crippen molar-refractivity contribution in [3.05, 3.63) is 0 Å². The van der Waals surface area contributed by atoms with Crippen molar-refractivity contribution in [2.75, 3.05) is 32.8 Å². The van der Waals surface area contributed by atoms with Gasteiger partial charge in [-0.15, -0.1) is 0 Å². The molecule has 2 heterocycles. The van der Waals surface area contributed by atoms with E-state index in [0.717, 1.165) is 12.8 Å². The number of hydrogen-bond acceptors (Lipinski definition) is 4. The highest BCUT2D eigenvalue weighted by Crippen LogP contribution is 2.36. The summed E-state index contributed by atoms with van der Waals surface area (Å²) in [5.41, 5.74) is -0.316. The van der Waals surface area contributed by atoms with Crippen molar-refractivity contribution in [2.45, 2.75) is 45.7 Å². The maximum atomic E-state index is 12.6. The van der Waals surface area contributed by atoms with Gasteiger partial charge in [0.1, 0.15) is 6.04 Å². The average molecular weight is 298 g/mol. The van der Waals surface area contributed by atoms with E-state index in [9.17, 15) is 14.7 Å². The quantitative estimate of drug-likeness (QED) is 0.835. The second-order valence-electron chi connectivity index (χ2n) is 6.68. The summed E-state index contributed by atoms with van der Waals surface area (Å²) >= 11 is 0. The maximum Gasteiger partial charge on any atom is 0.321 e.